The highest BCUT2D eigenvalue weighted by molar-refractivity contribution is 5.44. The van der Waals surface area contributed by atoms with E-state index in [-0.39, 0.29) is 0 Å². The fourth-order valence-corrected chi connectivity index (χ4v) is 2.11. The number of rotatable bonds is 9. The number of nitrogens with two attached hydrogens (primary N) is 1. The number of ether oxygens (including phenoxy) is 2. The second kappa shape index (κ2) is 11.2. The van der Waals surface area contributed by atoms with Crippen LogP contribution in [-0.2, 0) is 11.3 Å². The quantitative estimate of drug-likeness (QED) is 0.559. The third-order valence-corrected chi connectivity index (χ3v) is 3.26. The Bertz CT molecular complexity index is 460. The molecule has 1 rings (SSSR count). The Kier molecular flexibility index (Phi) is 9.35. The van der Waals surface area contributed by atoms with E-state index in [1.807, 2.05) is 18.2 Å². The van der Waals surface area contributed by atoms with Gasteiger partial charge in [0.1, 0.15) is 5.75 Å². The molecule has 1 aromatic carbocycles. The molecule has 0 radical (unpaired) electrons. The van der Waals surface area contributed by atoms with Crippen molar-refractivity contribution in [3.05, 3.63) is 29.3 Å². The lowest BCUT2D eigenvalue weighted by atomic mass is 10.1. The van der Waals surface area contributed by atoms with Gasteiger partial charge in [-0.3, -0.25) is 0 Å². The van der Waals surface area contributed by atoms with Crippen LogP contribution >= 0.6 is 0 Å². The summed E-state index contributed by atoms with van der Waals surface area (Å²) in [6, 6.07) is 5.88. The summed E-state index contributed by atoms with van der Waals surface area (Å²) in [5.41, 5.74) is 7.38. The molecule has 0 aliphatic rings. The lowest BCUT2D eigenvalue weighted by molar-refractivity contribution is 0.115. The van der Waals surface area contributed by atoms with Crippen LogP contribution in [0.1, 0.15) is 50.2 Å². The largest absolute Gasteiger partial charge is 0.496 e. The van der Waals surface area contributed by atoms with Crippen molar-refractivity contribution in [1.29, 1.82) is 0 Å². The molecule has 0 saturated carbocycles. The minimum Gasteiger partial charge on any atom is -0.496 e. The summed E-state index contributed by atoms with van der Waals surface area (Å²) in [4.78, 5) is 0. The maximum absolute atomic E-state index is 5.75. The number of benzene rings is 1. The van der Waals surface area contributed by atoms with Crippen LogP contribution in [0.25, 0.3) is 0 Å². The Balaban J connectivity index is 2.44. The van der Waals surface area contributed by atoms with Crippen LogP contribution in [0.2, 0.25) is 0 Å². The van der Waals surface area contributed by atoms with Crippen molar-refractivity contribution < 1.29 is 9.47 Å². The first-order valence-electron chi connectivity index (χ1n) is 7.75. The molecule has 3 heteroatoms. The molecule has 0 spiro atoms. The molecule has 0 amide bonds. The van der Waals surface area contributed by atoms with Crippen molar-refractivity contribution >= 4 is 0 Å². The minimum absolute atomic E-state index is 0.371. The zero-order valence-electron chi connectivity index (χ0n) is 13.3. The smallest absolute Gasteiger partial charge is 0.124 e. The molecule has 0 fully saturated rings. The van der Waals surface area contributed by atoms with Crippen LogP contribution in [0.3, 0.4) is 0 Å². The van der Waals surface area contributed by atoms with E-state index in [0.29, 0.717) is 13.2 Å². The van der Waals surface area contributed by atoms with Crippen LogP contribution in [-0.4, -0.2) is 20.3 Å². The Labute approximate surface area is 128 Å². The van der Waals surface area contributed by atoms with Gasteiger partial charge in [-0.25, -0.2) is 0 Å². The van der Waals surface area contributed by atoms with E-state index < -0.39 is 0 Å². The molecular formula is C18H27NO2. The van der Waals surface area contributed by atoms with Crippen LogP contribution in [0.5, 0.6) is 5.75 Å². The normalized spacial score (nSPS) is 10.0. The molecule has 0 aliphatic carbocycles. The van der Waals surface area contributed by atoms with Gasteiger partial charge in [-0.15, -0.1) is 0 Å². The SMILES string of the molecule is CCCCCCCOCc1cc(C#CCN)ccc1OC. The monoisotopic (exact) mass is 289 g/mol. The van der Waals surface area contributed by atoms with E-state index in [9.17, 15) is 0 Å². The zero-order valence-corrected chi connectivity index (χ0v) is 13.3. The highest BCUT2D eigenvalue weighted by Gasteiger charge is 2.04. The summed E-state index contributed by atoms with van der Waals surface area (Å²) in [7, 11) is 1.68. The van der Waals surface area contributed by atoms with E-state index in [0.717, 1.165) is 29.9 Å². The standard InChI is InChI=1S/C18H27NO2/c1-3-4-5-6-7-13-21-15-17-14-16(9-8-12-19)10-11-18(17)20-2/h10-11,14H,3-7,12-13,15,19H2,1-2H3. The van der Waals surface area contributed by atoms with Crippen molar-refractivity contribution in [2.45, 2.75) is 45.6 Å². The van der Waals surface area contributed by atoms with Crippen LogP contribution in [0, 0.1) is 11.8 Å². The van der Waals surface area contributed by atoms with Crippen LogP contribution in [0.15, 0.2) is 18.2 Å². The van der Waals surface area contributed by atoms with Gasteiger partial charge in [-0.2, -0.15) is 0 Å². The highest BCUT2D eigenvalue weighted by Crippen LogP contribution is 2.20. The predicted octanol–water partition coefficient (Wildman–Crippen LogP) is 3.49. The molecule has 1 aromatic rings. The summed E-state index contributed by atoms with van der Waals surface area (Å²) >= 11 is 0. The van der Waals surface area contributed by atoms with Gasteiger partial charge >= 0.3 is 0 Å². The Hall–Kier alpha value is -1.50. The molecule has 0 saturated heterocycles. The summed E-state index contributed by atoms with van der Waals surface area (Å²) in [6.07, 6.45) is 6.25. The van der Waals surface area contributed by atoms with Crippen LogP contribution in [0.4, 0.5) is 0 Å². The summed E-state index contributed by atoms with van der Waals surface area (Å²) in [6.45, 7) is 3.96. The van der Waals surface area contributed by atoms with Gasteiger partial charge in [0, 0.05) is 17.7 Å². The van der Waals surface area contributed by atoms with Crippen molar-refractivity contribution in [2.24, 2.45) is 5.73 Å². The average Bonchev–Trinajstić information content (AvgIpc) is 2.52. The molecule has 0 bridgehead atoms. The molecule has 21 heavy (non-hydrogen) atoms. The van der Waals surface area contributed by atoms with Crippen molar-refractivity contribution in [2.75, 3.05) is 20.3 Å². The highest BCUT2D eigenvalue weighted by atomic mass is 16.5. The lowest BCUT2D eigenvalue weighted by Gasteiger charge is -2.10. The second-order valence-electron chi connectivity index (χ2n) is 5.00. The summed E-state index contributed by atoms with van der Waals surface area (Å²) < 4.78 is 11.1. The third kappa shape index (κ3) is 7.17. The van der Waals surface area contributed by atoms with E-state index in [1.54, 1.807) is 7.11 Å². The number of methoxy groups -OCH3 is 1. The minimum atomic E-state index is 0.371. The van der Waals surface area contributed by atoms with Gasteiger partial charge in [0.25, 0.3) is 0 Å². The van der Waals surface area contributed by atoms with E-state index in [2.05, 4.69) is 18.8 Å². The Morgan fingerprint density at radius 3 is 2.67 bits per heavy atom. The van der Waals surface area contributed by atoms with E-state index in [4.69, 9.17) is 15.2 Å². The topological polar surface area (TPSA) is 44.5 Å². The van der Waals surface area contributed by atoms with Gasteiger partial charge in [0.05, 0.1) is 20.3 Å². The van der Waals surface area contributed by atoms with Gasteiger partial charge in [0.15, 0.2) is 0 Å². The number of hydrogen-bond donors (Lipinski definition) is 1. The average molecular weight is 289 g/mol. The number of unbranched alkanes of at least 4 members (excludes halogenated alkanes) is 4. The summed E-state index contributed by atoms with van der Waals surface area (Å²) in [5, 5.41) is 0. The maximum Gasteiger partial charge on any atom is 0.124 e. The Morgan fingerprint density at radius 2 is 1.95 bits per heavy atom. The lowest BCUT2D eigenvalue weighted by Crippen LogP contribution is -1.99. The second-order valence-corrected chi connectivity index (χ2v) is 5.00. The number of hydrogen-bond acceptors (Lipinski definition) is 3. The fourth-order valence-electron chi connectivity index (χ4n) is 2.11. The first-order chi connectivity index (χ1) is 10.3. The first-order valence-corrected chi connectivity index (χ1v) is 7.75. The molecular weight excluding hydrogens is 262 g/mol. The molecule has 3 nitrogen and oxygen atoms in total. The van der Waals surface area contributed by atoms with Gasteiger partial charge in [-0.1, -0.05) is 44.4 Å². The van der Waals surface area contributed by atoms with Gasteiger partial charge in [-0.05, 0) is 24.6 Å². The molecule has 0 aliphatic heterocycles. The third-order valence-electron chi connectivity index (χ3n) is 3.26. The first kappa shape index (κ1) is 17.6. The molecule has 116 valence electrons. The van der Waals surface area contributed by atoms with Gasteiger partial charge < -0.3 is 15.2 Å². The Morgan fingerprint density at radius 1 is 1.14 bits per heavy atom. The van der Waals surface area contributed by atoms with Crippen molar-refractivity contribution in [1.82, 2.24) is 0 Å². The maximum atomic E-state index is 5.75. The fraction of sp³-hybridized carbons (Fsp3) is 0.556. The summed E-state index contributed by atoms with van der Waals surface area (Å²) in [5.74, 6) is 6.74. The molecule has 0 aromatic heterocycles. The molecule has 0 heterocycles. The van der Waals surface area contributed by atoms with E-state index in [1.165, 1.54) is 25.7 Å². The molecule has 0 unspecified atom stereocenters. The van der Waals surface area contributed by atoms with Gasteiger partial charge in [0.2, 0.25) is 0 Å². The molecule has 0 atom stereocenters. The van der Waals surface area contributed by atoms with E-state index >= 15 is 0 Å². The van der Waals surface area contributed by atoms with Crippen molar-refractivity contribution in [3.8, 4) is 17.6 Å². The van der Waals surface area contributed by atoms with Crippen molar-refractivity contribution in [3.63, 3.8) is 0 Å². The molecule has 2 N–H and O–H groups in total. The van der Waals surface area contributed by atoms with Crippen LogP contribution < -0.4 is 10.5 Å². The predicted molar refractivity (Wildman–Crippen MR) is 87.3 cm³/mol. The zero-order chi connectivity index (χ0) is 15.3.